The van der Waals surface area contributed by atoms with Crippen LogP contribution in [0.4, 0.5) is 0 Å². The number of carbonyl (C=O) groups is 1. The Hall–Kier alpha value is -1.87. The van der Waals surface area contributed by atoms with Gasteiger partial charge >= 0.3 is 14.3 Å². The van der Waals surface area contributed by atoms with Gasteiger partial charge in [-0.2, -0.15) is 0 Å². The summed E-state index contributed by atoms with van der Waals surface area (Å²) in [4.78, 5) is 11.9. The molecule has 0 spiro atoms. The van der Waals surface area contributed by atoms with Crippen LogP contribution in [0.3, 0.4) is 0 Å². The quantitative estimate of drug-likeness (QED) is 0.707. The van der Waals surface area contributed by atoms with Gasteiger partial charge in [-0.25, -0.2) is 4.79 Å². The van der Waals surface area contributed by atoms with Gasteiger partial charge in [0.1, 0.15) is 0 Å². The highest BCUT2D eigenvalue weighted by molar-refractivity contribution is 6.99. The predicted octanol–water partition coefficient (Wildman–Crippen LogP) is 1.55. The van der Waals surface area contributed by atoms with Crippen LogP contribution in [0, 0.1) is 0 Å². The van der Waals surface area contributed by atoms with E-state index in [1.165, 1.54) is 0 Å². The smallest absolute Gasteiger partial charge is 0.325 e. The Balaban J connectivity index is 2.21. The van der Waals surface area contributed by atoms with Gasteiger partial charge in [0.2, 0.25) is 0 Å². The predicted molar refractivity (Wildman–Crippen MR) is 69.2 cm³/mol. The van der Waals surface area contributed by atoms with E-state index in [-0.39, 0.29) is 5.97 Å². The standard InChI is InChI=1S/C14H12O2Si/c1-17(11-7-3-2-4-8-11)13-10-6-5-9-12(13)14(15)16-17/h2-10H,1H3. The largest absolute Gasteiger partial charge is 0.507 e. The summed E-state index contributed by atoms with van der Waals surface area (Å²) >= 11 is 0. The van der Waals surface area contributed by atoms with Gasteiger partial charge < -0.3 is 4.43 Å². The van der Waals surface area contributed by atoms with Gasteiger partial charge in [0.25, 0.3) is 0 Å². The van der Waals surface area contributed by atoms with Gasteiger partial charge in [-0.15, -0.1) is 0 Å². The van der Waals surface area contributed by atoms with Crippen LogP contribution in [-0.4, -0.2) is 14.3 Å². The van der Waals surface area contributed by atoms with Crippen LogP contribution in [0.1, 0.15) is 10.4 Å². The Kier molecular flexibility index (Phi) is 2.16. The molecule has 3 heteroatoms. The van der Waals surface area contributed by atoms with Crippen molar-refractivity contribution in [2.24, 2.45) is 0 Å². The minimum Gasteiger partial charge on any atom is -0.507 e. The Morgan fingerprint density at radius 1 is 0.941 bits per heavy atom. The Morgan fingerprint density at radius 3 is 2.35 bits per heavy atom. The van der Waals surface area contributed by atoms with E-state index in [4.69, 9.17) is 4.43 Å². The average molecular weight is 240 g/mol. The van der Waals surface area contributed by atoms with Gasteiger partial charge in [0.15, 0.2) is 0 Å². The highest BCUT2D eigenvalue weighted by Gasteiger charge is 2.46. The van der Waals surface area contributed by atoms with E-state index in [2.05, 4.69) is 6.55 Å². The van der Waals surface area contributed by atoms with Crippen LogP contribution >= 0.6 is 0 Å². The number of benzene rings is 2. The van der Waals surface area contributed by atoms with E-state index in [1.54, 1.807) is 0 Å². The maximum Gasteiger partial charge on any atom is 0.325 e. The minimum atomic E-state index is -2.30. The van der Waals surface area contributed by atoms with Gasteiger partial charge in [0.05, 0.1) is 5.56 Å². The monoisotopic (exact) mass is 240 g/mol. The van der Waals surface area contributed by atoms with Crippen molar-refractivity contribution < 1.29 is 9.22 Å². The highest BCUT2D eigenvalue weighted by Crippen LogP contribution is 2.19. The molecule has 0 bridgehead atoms. The zero-order chi connectivity index (χ0) is 11.9. The van der Waals surface area contributed by atoms with E-state index < -0.39 is 8.32 Å². The van der Waals surface area contributed by atoms with Crippen LogP contribution in [0.5, 0.6) is 0 Å². The van der Waals surface area contributed by atoms with Crippen molar-refractivity contribution in [2.75, 3.05) is 0 Å². The lowest BCUT2D eigenvalue weighted by Crippen LogP contribution is -2.55. The van der Waals surface area contributed by atoms with Crippen molar-refractivity contribution in [1.29, 1.82) is 0 Å². The molecule has 3 rings (SSSR count). The van der Waals surface area contributed by atoms with Gasteiger partial charge in [-0.3, -0.25) is 0 Å². The Morgan fingerprint density at radius 2 is 1.59 bits per heavy atom. The first-order chi connectivity index (χ1) is 8.22. The lowest BCUT2D eigenvalue weighted by Gasteiger charge is -2.21. The SMILES string of the molecule is C[Si]1(c2ccccc2)OC(=O)c2ccccc21. The van der Waals surface area contributed by atoms with Crippen LogP contribution in [-0.2, 0) is 4.43 Å². The van der Waals surface area contributed by atoms with Crippen LogP contribution in [0.2, 0.25) is 6.55 Å². The van der Waals surface area contributed by atoms with Crippen LogP contribution < -0.4 is 10.4 Å². The summed E-state index contributed by atoms with van der Waals surface area (Å²) in [6, 6.07) is 17.7. The molecule has 84 valence electrons. The molecule has 0 fully saturated rings. The summed E-state index contributed by atoms with van der Waals surface area (Å²) in [5, 5.41) is 2.22. The third kappa shape index (κ3) is 1.43. The number of hydrogen-bond acceptors (Lipinski definition) is 2. The van der Waals surface area contributed by atoms with E-state index in [9.17, 15) is 4.79 Å². The van der Waals surface area contributed by atoms with Crippen molar-refractivity contribution in [2.45, 2.75) is 6.55 Å². The van der Waals surface area contributed by atoms with Crippen molar-refractivity contribution in [3.8, 4) is 0 Å². The third-order valence-corrected chi connectivity index (χ3v) is 6.78. The number of hydrogen-bond donors (Lipinski definition) is 0. The zero-order valence-electron chi connectivity index (χ0n) is 9.51. The maximum absolute atomic E-state index is 11.9. The lowest BCUT2D eigenvalue weighted by atomic mass is 10.2. The molecule has 1 unspecified atom stereocenters. The second kappa shape index (κ2) is 3.57. The molecule has 2 aromatic carbocycles. The molecular weight excluding hydrogens is 228 g/mol. The lowest BCUT2D eigenvalue weighted by molar-refractivity contribution is 0.0746. The Bertz CT molecular complexity index is 580. The summed E-state index contributed by atoms with van der Waals surface area (Å²) in [6.07, 6.45) is 0. The average Bonchev–Trinajstić information content (AvgIpc) is 2.65. The summed E-state index contributed by atoms with van der Waals surface area (Å²) in [6.45, 7) is 2.08. The second-order valence-corrected chi connectivity index (χ2v) is 7.72. The molecule has 2 nitrogen and oxygen atoms in total. The van der Waals surface area contributed by atoms with Gasteiger partial charge in [-0.1, -0.05) is 48.5 Å². The van der Waals surface area contributed by atoms with Crippen molar-refractivity contribution >= 4 is 24.7 Å². The molecule has 0 N–H and O–H groups in total. The molecular formula is C14H12O2Si. The molecule has 0 saturated heterocycles. The van der Waals surface area contributed by atoms with E-state index in [0.717, 1.165) is 15.9 Å². The van der Waals surface area contributed by atoms with E-state index in [1.807, 2.05) is 54.6 Å². The minimum absolute atomic E-state index is 0.182. The fraction of sp³-hybridized carbons (Fsp3) is 0.0714. The van der Waals surface area contributed by atoms with Gasteiger partial charge in [0, 0.05) is 0 Å². The molecule has 17 heavy (non-hydrogen) atoms. The van der Waals surface area contributed by atoms with E-state index in [0.29, 0.717) is 0 Å². The molecule has 0 amide bonds. The number of fused-ring (bicyclic) bond motifs is 1. The summed E-state index contributed by atoms with van der Waals surface area (Å²) in [7, 11) is -2.30. The fourth-order valence-corrected chi connectivity index (χ4v) is 5.30. The normalized spacial score (nSPS) is 22.1. The summed E-state index contributed by atoms with van der Waals surface area (Å²) in [5.74, 6) is -0.182. The van der Waals surface area contributed by atoms with Crippen LogP contribution in [0.25, 0.3) is 0 Å². The topological polar surface area (TPSA) is 26.3 Å². The first-order valence-electron chi connectivity index (χ1n) is 5.60. The second-order valence-electron chi connectivity index (χ2n) is 4.33. The number of carbonyl (C=O) groups excluding carboxylic acids is 1. The van der Waals surface area contributed by atoms with Gasteiger partial charge in [-0.05, 0) is 23.0 Å². The molecule has 0 aliphatic carbocycles. The van der Waals surface area contributed by atoms with E-state index >= 15 is 0 Å². The first kappa shape index (κ1) is 10.3. The fourth-order valence-electron chi connectivity index (χ4n) is 2.34. The molecule has 1 atom stereocenters. The zero-order valence-corrected chi connectivity index (χ0v) is 10.5. The molecule has 0 saturated carbocycles. The highest BCUT2D eigenvalue weighted by atomic mass is 28.4. The summed E-state index contributed by atoms with van der Waals surface area (Å²) < 4.78 is 5.71. The molecule has 0 aromatic heterocycles. The number of rotatable bonds is 1. The Labute approximate surface area is 101 Å². The molecule has 2 aromatic rings. The first-order valence-corrected chi connectivity index (χ1v) is 8.01. The summed E-state index contributed by atoms with van der Waals surface area (Å²) in [5.41, 5.74) is 0.727. The van der Waals surface area contributed by atoms with Crippen molar-refractivity contribution in [1.82, 2.24) is 0 Å². The van der Waals surface area contributed by atoms with Crippen LogP contribution in [0.15, 0.2) is 54.6 Å². The molecule has 1 aliphatic heterocycles. The van der Waals surface area contributed by atoms with Crippen molar-refractivity contribution in [3.63, 3.8) is 0 Å². The maximum atomic E-state index is 11.9. The molecule has 1 aliphatic rings. The van der Waals surface area contributed by atoms with Crippen molar-refractivity contribution in [3.05, 3.63) is 60.2 Å². The third-order valence-electron chi connectivity index (χ3n) is 3.28. The molecule has 0 radical (unpaired) electrons. The molecule has 1 heterocycles.